The Labute approximate surface area is 94.9 Å². The number of hydrogen-bond donors (Lipinski definition) is 3. The summed E-state index contributed by atoms with van der Waals surface area (Å²) >= 11 is 0. The maximum Gasteiger partial charge on any atom is 0.321 e. The first-order valence-electron chi connectivity index (χ1n) is 5.52. The van der Waals surface area contributed by atoms with Crippen LogP contribution in [0.2, 0.25) is 0 Å². The Balaban J connectivity index is 2.36. The first-order chi connectivity index (χ1) is 7.67. The number of aliphatic hydroxyl groups excluding tert-OH is 1. The zero-order valence-corrected chi connectivity index (χ0v) is 9.40. The second kappa shape index (κ2) is 6.27. The molecule has 1 saturated carbocycles. The predicted molar refractivity (Wildman–Crippen MR) is 59.7 cm³/mol. The number of hydrogen-bond acceptors (Lipinski definition) is 3. The van der Waals surface area contributed by atoms with Gasteiger partial charge in [-0.25, -0.2) is 4.79 Å². The van der Waals surface area contributed by atoms with E-state index in [1.807, 2.05) is 0 Å². The molecule has 5 nitrogen and oxygen atoms in total. The fourth-order valence-electron chi connectivity index (χ4n) is 1.95. The molecular weight excluding hydrogens is 208 g/mol. The Morgan fingerprint density at radius 1 is 1.44 bits per heavy atom. The van der Waals surface area contributed by atoms with E-state index in [1.165, 1.54) is 6.08 Å². The van der Waals surface area contributed by atoms with E-state index in [0.717, 1.165) is 19.3 Å². The zero-order chi connectivity index (χ0) is 12.0. The van der Waals surface area contributed by atoms with Crippen molar-refractivity contribution in [2.24, 2.45) is 5.92 Å². The summed E-state index contributed by atoms with van der Waals surface area (Å²) in [6.07, 6.45) is 5.63. The highest BCUT2D eigenvalue weighted by Crippen LogP contribution is 2.24. The molecule has 2 atom stereocenters. The maximum atomic E-state index is 11.4. The molecule has 1 aliphatic carbocycles. The van der Waals surface area contributed by atoms with Gasteiger partial charge in [0.2, 0.25) is 0 Å². The minimum absolute atomic E-state index is 0.0246. The van der Waals surface area contributed by atoms with E-state index in [2.05, 4.69) is 10.6 Å². The normalized spacial score (nSPS) is 24.6. The highest BCUT2D eigenvalue weighted by molar-refractivity contribution is 6.00. The molecule has 0 aromatic rings. The SMILES string of the molecule is C/C=C/C(=O)NC(=O)N[C@H]1CCC[C@@H]1CO. The molecule has 1 fully saturated rings. The standard InChI is InChI=1S/C11H18N2O3/c1-2-4-10(15)13-11(16)12-9-6-3-5-8(9)7-14/h2,4,8-9,14H,3,5-7H2,1H3,(H2,12,13,15,16)/b4-2+/t8-,9+/m1/s1. The molecule has 16 heavy (non-hydrogen) atoms. The van der Waals surface area contributed by atoms with Crippen LogP contribution in [0.4, 0.5) is 4.79 Å². The van der Waals surface area contributed by atoms with Crippen LogP contribution in [-0.4, -0.2) is 29.7 Å². The average molecular weight is 226 g/mol. The van der Waals surface area contributed by atoms with Crippen LogP contribution in [0.25, 0.3) is 0 Å². The van der Waals surface area contributed by atoms with Crippen LogP contribution in [0.3, 0.4) is 0 Å². The van der Waals surface area contributed by atoms with Crippen molar-refractivity contribution in [1.82, 2.24) is 10.6 Å². The van der Waals surface area contributed by atoms with Gasteiger partial charge in [-0.05, 0) is 25.8 Å². The number of carbonyl (C=O) groups is 2. The summed E-state index contributed by atoms with van der Waals surface area (Å²) in [5.41, 5.74) is 0. The summed E-state index contributed by atoms with van der Waals surface area (Å²) in [5, 5.41) is 14.0. The van der Waals surface area contributed by atoms with Crippen molar-refractivity contribution in [2.45, 2.75) is 32.2 Å². The van der Waals surface area contributed by atoms with Gasteiger partial charge in [-0.3, -0.25) is 10.1 Å². The van der Waals surface area contributed by atoms with Gasteiger partial charge in [-0.2, -0.15) is 0 Å². The van der Waals surface area contributed by atoms with E-state index in [1.54, 1.807) is 13.0 Å². The highest BCUT2D eigenvalue weighted by atomic mass is 16.3. The molecule has 0 heterocycles. The van der Waals surface area contributed by atoms with Crippen molar-refractivity contribution < 1.29 is 14.7 Å². The average Bonchev–Trinajstić information content (AvgIpc) is 2.65. The number of urea groups is 1. The van der Waals surface area contributed by atoms with E-state index >= 15 is 0 Å². The van der Waals surface area contributed by atoms with Gasteiger partial charge in [-0.15, -0.1) is 0 Å². The number of carbonyl (C=O) groups excluding carboxylic acids is 2. The first kappa shape index (κ1) is 12.7. The minimum atomic E-state index is -0.492. The number of rotatable bonds is 3. The van der Waals surface area contributed by atoms with Crippen LogP contribution in [0.1, 0.15) is 26.2 Å². The molecule has 0 saturated heterocycles. The molecule has 0 unspecified atom stereocenters. The van der Waals surface area contributed by atoms with Crippen LogP contribution in [0.5, 0.6) is 0 Å². The van der Waals surface area contributed by atoms with Gasteiger partial charge >= 0.3 is 6.03 Å². The molecule has 0 aromatic heterocycles. The molecule has 90 valence electrons. The van der Waals surface area contributed by atoms with E-state index in [9.17, 15) is 9.59 Å². The lowest BCUT2D eigenvalue weighted by Gasteiger charge is -2.18. The third kappa shape index (κ3) is 3.66. The van der Waals surface area contributed by atoms with Gasteiger partial charge in [0.05, 0.1) is 0 Å². The summed E-state index contributed by atoms with van der Waals surface area (Å²) in [5.74, 6) is -0.318. The van der Waals surface area contributed by atoms with Crippen LogP contribution in [-0.2, 0) is 4.79 Å². The summed E-state index contributed by atoms with van der Waals surface area (Å²) in [6, 6.07) is -0.517. The van der Waals surface area contributed by atoms with E-state index in [-0.39, 0.29) is 18.6 Å². The summed E-state index contributed by atoms with van der Waals surface area (Å²) in [6.45, 7) is 1.78. The van der Waals surface area contributed by atoms with E-state index in [4.69, 9.17) is 5.11 Å². The molecule has 0 aromatic carbocycles. The molecular formula is C11H18N2O3. The Bertz CT molecular complexity index is 289. The predicted octanol–water partition coefficient (Wildman–Crippen LogP) is 0.549. The lowest BCUT2D eigenvalue weighted by Crippen LogP contribution is -2.46. The second-order valence-electron chi connectivity index (χ2n) is 3.94. The Kier molecular flexibility index (Phi) is 4.98. The fraction of sp³-hybridized carbons (Fsp3) is 0.636. The molecule has 3 amide bonds. The molecule has 1 aliphatic rings. The van der Waals surface area contributed by atoms with Crippen molar-refractivity contribution in [3.8, 4) is 0 Å². The lowest BCUT2D eigenvalue weighted by atomic mass is 10.1. The van der Waals surface area contributed by atoms with Gasteiger partial charge in [0.25, 0.3) is 5.91 Å². The first-order valence-corrected chi connectivity index (χ1v) is 5.52. The Morgan fingerprint density at radius 3 is 2.81 bits per heavy atom. The number of allylic oxidation sites excluding steroid dienone is 1. The second-order valence-corrected chi connectivity index (χ2v) is 3.94. The molecule has 0 spiro atoms. The van der Waals surface area contributed by atoms with Gasteiger partial charge in [0, 0.05) is 18.6 Å². The highest BCUT2D eigenvalue weighted by Gasteiger charge is 2.27. The van der Waals surface area contributed by atoms with Crippen molar-refractivity contribution in [1.29, 1.82) is 0 Å². The van der Waals surface area contributed by atoms with Crippen LogP contribution in [0.15, 0.2) is 12.2 Å². The Morgan fingerprint density at radius 2 is 2.19 bits per heavy atom. The molecule has 0 aliphatic heterocycles. The molecule has 3 N–H and O–H groups in total. The van der Waals surface area contributed by atoms with Crippen molar-refractivity contribution in [3.05, 3.63) is 12.2 Å². The minimum Gasteiger partial charge on any atom is -0.396 e. The molecule has 5 heteroatoms. The number of amides is 3. The van der Waals surface area contributed by atoms with Crippen LogP contribution in [0, 0.1) is 5.92 Å². The summed E-state index contributed by atoms with van der Waals surface area (Å²) in [7, 11) is 0. The molecule has 0 bridgehead atoms. The van der Waals surface area contributed by atoms with E-state index in [0.29, 0.717) is 0 Å². The number of imide groups is 1. The number of aliphatic hydroxyl groups is 1. The molecule has 0 radical (unpaired) electrons. The van der Waals surface area contributed by atoms with Crippen molar-refractivity contribution >= 4 is 11.9 Å². The third-order valence-corrected chi connectivity index (χ3v) is 2.76. The van der Waals surface area contributed by atoms with Crippen LogP contribution < -0.4 is 10.6 Å². The van der Waals surface area contributed by atoms with Gasteiger partial charge < -0.3 is 10.4 Å². The van der Waals surface area contributed by atoms with Gasteiger partial charge in [0.15, 0.2) is 0 Å². The smallest absolute Gasteiger partial charge is 0.321 e. The fourth-order valence-corrected chi connectivity index (χ4v) is 1.95. The van der Waals surface area contributed by atoms with Gasteiger partial charge in [0.1, 0.15) is 0 Å². The largest absolute Gasteiger partial charge is 0.396 e. The Hall–Kier alpha value is -1.36. The van der Waals surface area contributed by atoms with Crippen molar-refractivity contribution in [3.63, 3.8) is 0 Å². The quantitative estimate of drug-likeness (QED) is 0.615. The van der Waals surface area contributed by atoms with Gasteiger partial charge in [-0.1, -0.05) is 12.5 Å². The molecule has 1 rings (SSSR count). The van der Waals surface area contributed by atoms with Crippen LogP contribution >= 0.6 is 0 Å². The zero-order valence-electron chi connectivity index (χ0n) is 9.40. The number of nitrogens with one attached hydrogen (secondary N) is 2. The topological polar surface area (TPSA) is 78.4 Å². The summed E-state index contributed by atoms with van der Waals surface area (Å²) < 4.78 is 0. The monoisotopic (exact) mass is 226 g/mol. The van der Waals surface area contributed by atoms with E-state index < -0.39 is 11.9 Å². The third-order valence-electron chi connectivity index (χ3n) is 2.76. The van der Waals surface area contributed by atoms with Crippen molar-refractivity contribution in [2.75, 3.05) is 6.61 Å². The lowest BCUT2D eigenvalue weighted by molar-refractivity contribution is -0.115. The maximum absolute atomic E-state index is 11.4. The summed E-state index contributed by atoms with van der Waals surface area (Å²) in [4.78, 5) is 22.5.